The molecule has 0 spiro atoms. The average Bonchev–Trinajstić information content (AvgIpc) is 2.70. The first-order valence-electron chi connectivity index (χ1n) is 27.3. The number of aliphatic hydroxyl groups is 1. The van der Waals surface area contributed by atoms with E-state index in [1.165, 1.54) is 30.9 Å². The highest BCUT2D eigenvalue weighted by Gasteiger charge is 2.39. The molecule has 1 aliphatic rings. The van der Waals surface area contributed by atoms with Crippen LogP contribution in [-0.4, -0.2) is 153 Å². The van der Waals surface area contributed by atoms with Crippen LogP contribution in [0.15, 0.2) is 72.9 Å². The number of benzene rings is 2. The summed E-state index contributed by atoms with van der Waals surface area (Å²) in [6, 6.07) is 5.80. The van der Waals surface area contributed by atoms with Crippen molar-refractivity contribution in [2.75, 3.05) is 32.8 Å². The predicted molar refractivity (Wildman–Crippen MR) is 298 cm³/mol. The summed E-state index contributed by atoms with van der Waals surface area (Å²) < 4.78 is 31.8. The fraction of sp³-hybridized carbons (Fsp3) is 0.491. The van der Waals surface area contributed by atoms with Crippen molar-refractivity contribution in [2.45, 2.75) is 142 Å². The van der Waals surface area contributed by atoms with Gasteiger partial charge in [0.05, 0.1) is 12.5 Å². The van der Waals surface area contributed by atoms with Crippen molar-refractivity contribution in [3.05, 3.63) is 95.8 Å². The van der Waals surface area contributed by atoms with Gasteiger partial charge in [0.25, 0.3) is 11.8 Å². The van der Waals surface area contributed by atoms with Gasteiger partial charge in [0.1, 0.15) is 48.5 Å². The van der Waals surface area contributed by atoms with E-state index in [0.717, 1.165) is 28.7 Å². The lowest BCUT2D eigenvalue weighted by Crippen LogP contribution is -2.58. The molecule has 0 bridgehead atoms. The summed E-state index contributed by atoms with van der Waals surface area (Å²) in [5, 5.41) is 34.6. The molecule has 4 rings (SSSR count). The van der Waals surface area contributed by atoms with Crippen LogP contribution in [0.5, 0.6) is 0 Å². The number of imide groups is 1. The Hall–Kier alpha value is -8.39. The number of nitrogens with one attached hydrogen (secondary N) is 6. The summed E-state index contributed by atoms with van der Waals surface area (Å²) in [5.74, 6) is -10.0. The Morgan fingerprint density at radius 1 is 0.711 bits per heavy atom. The minimum absolute atomic E-state index is 0.0121. The monoisotopic (exact) mass is 1160 g/mol. The predicted octanol–water partition coefficient (Wildman–Crippen LogP) is 1.32. The highest BCUT2D eigenvalue weighted by molar-refractivity contribution is 6.12. The second-order valence-electron chi connectivity index (χ2n) is 21.3. The van der Waals surface area contributed by atoms with E-state index in [1.807, 2.05) is 30.3 Å². The molecule has 26 heteroatoms. The van der Waals surface area contributed by atoms with Crippen molar-refractivity contribution >= 4 is 65.0 Å². The molecule has 0 aliphatic carbocycles. The maximum atomic E-state index is 15.4. The average molecular weight is 1160 g/mol. The van der Waals surface area contributed by atoms with Crippen LogP contribution in [0.25, 0.3) is 11.1 Å². The minimum atomic E-state index is -1.76. The first kappa shape index (κ1) is 67.1. The van der Waals surface area contributed by atoms with Crippen molar-refractivity contribution in [3.63, 3.8) is 0 Å². The highest BCUT2D eigenvalue weighted by Crippen LogP contribution is 2.41. The number of carbonyl (C=O) groups excluding carboxylic acids is 10. The quantitative estimate of drug-likeness (QED) is 0.0298. The molecule has 0 saturated carbocycles. The molecule has 2 aromatic carbocycles. The summed E-state index contributed by atoms with van der Waals surface area (Å²) in [7, 11) is 0. The van der Waals surface area contributed by atoms with E-state index in [-0.39, 0.29) is 63.1 Å². The molecule has 1 aliphatic heterocycles. The lowest BCUT2D eigenvalue weighted by atomic mass is 9.82. The summed E-state index contributed by atoms with van der Waals surface area (Å²) in [5.41, 5.74) is 11.6. The topological polar surface area (TPSA) is 364 Å². The van der Waals surface area contributed by atoms with Crippen LogP contribution < -0.4 is 43.4 Å². The molecule has 6 atom stereocenters. The van der Waals surface area contributed by atoms with Crippen LogP contribution in [-0.2, 0) is 59.3 Å². The van der Waals surface area contributed by atoms with E-state index in [2.05, 4.69) is 31.9 Å². The van der Waals surface area contributed by atoms with Crippen LogP contribution in [0.4, 0.5) is 8.78 Å². The number of carboxylic acids is 1. The number of aliphatic hydroxyl groups excluding tert-OH is 1. The standard InChI is InChI=1S/C57H77F2N11O13/c1-34(64-47(74)17-10-7-13-26-69-48(75)20-21-49(69)76)52(78)65-35(2)53(79)67-43(30-45(61)72)55(81)66-42(54(80)63-25-22-46(73)62-24-12-11-16-41(60)56(82)83)23-27-70(50(77)33-71)51(57(3,4)5)44-28-37(39-29-38(58)18-19-40(39)59)32-68(44)31-36-14-8-6-9-15-36/h6,8-9,14-15,18-21,28-29,32,34-35,41-43,51,71H,7,10-13,16-17,22-27,30-31,33,60H2,1-5H3,(H2,61,72)(H,62,73)(H,63,80)(H,64,74)(H,65,78)(H,66,81)(H,67,79)(H,82,83)/t34-,35-,41-,42-,43-,51-/m0/s1. The number of amides is 10. The SMILES string of the molecule is C[C@H](NC(=O)CCCCCN1C(=O)C=CC1=O)C(=O)N[C@@H](C)C(=O)N[C@@H](CC(N)=O)C(=O)N[C@@H](CCN(C(=O)CO)[C@@H](c1cc(-c2cc(F)ccc2F)cn1Cc1ccccc1)C(C)(C)C)C(=O)NCCC(=O)NCCCC[C@H](N)C(=O)O. The zero-order valence-corrected chi connectivity index (χ0v) is 47.3. The molecule has 12 N–H and O–H groups in total. The third-order valence-electron chi connectivity index (χ3n) is 13.5. The molecule has 1 aromatic heterocycles. The number of aromatic nitrogens is 1. The smallest absolute Gasteiger partial charge is 0.320 e. The maximum Gasteiger partial charge on any atom is 0.320 e. The molecule has 24 nitrogen and oxygen atoms in total. The fourth-order valence-electron chi connectivity index (χ4n) is 9.14. The van der Waals surface area contributed by atoms with Crippen LogP contribution in [0.2, 0.25) is 0 Å². The van der Waals surface area contributed by atoms with Gasteiger partial charge in [-0.05, 0) is 87.6 Å². The molecule has 83 heavy (non-hydrogen) atoms. The summed E-state index contributed by atoms with van der Waals surface area (Å²) in [6.07, 6.45) is 4.84. The number of nitrogens with zero attached hydrogens (tertiary/aromatic N) is 3. The number of rotatable bonds is 34. The van der Waals surface area contributed by atoms with Gasteiger partial charge in [-0.2, -0.15) is 0 Å². The second-order valence-corrected chi connectivity index (χ2v) is 21.3. The van der Waals surface area contributed by atoms with E-state index in [9.17, 15) is 62.2 Å². The van der Waals surface area contributed by atoms with Gasteiger partial charge in [-0.15, -0.1) is 0 Å². The largest absolute Gasteiger partial charge is 0.480 e. The van der Waals surface area contributed by atoms with Gasteiger partial charge < -0.3 is 63.0 Å². The van der Waals surface area contributed by atoms with Gasteiger partial charge in [-0.1, -0.05) is 57.5 Å². The van der Waals surface area contributed by atoms with E-state index in [1.54, 1.807) is 37.6 Å². The summed E-state index contributed by atoms with van der Waals surface area (Å²) in [4.78, 5) is 144. The number of hydrogen-bond donors (Lipinski definition) is 10. The number of hydrogen-bond acceptors (Lipinski definition) is 13. The van der Waals surface area contributed by atoms with E-state index < -0.39 is 138 Å². The van der Waals surface area contributed by atoms with Gasteiger partial charge in [-0.3, -0.25) is 57.6 Å². The number of aliphatic carboxylic acids is 1. The summed E-state index contributed by atoms with van der Waals surface area (Å²) >= 11 is 0. The van der Waals surface area contributed by atoms with Gasteiger partial charge in [0.15, 0.2) is 0 Å². The van der Waals surface area contributed by atoms with Crippen LogP contribution in [0.3, 0.4) is 0 Å². The minimum Gasteiger partial charge on any atom is -0.480 e. The first-order chi connectivity index (χ1) is 39.2. The molecule has 452 valence electrons. The number of carbonyl (C=O) groups is 11. The van der Waals surface area contributed by atoms with Crippen LogP contribution in [0.1, 0.15) is 116 Å². The number of halogens is 2. The van der Waals surface area contributed by atoms with E-state index >= 15 is 4.39 Å². The molecular formula is C57H77F2N11O13. The second kappa shape index (κ2) is 32.3. The number of unbranched alkanes of at least 4 members (excludes halogenated alkanes) is 3. The Balaban J connectivity index is 1.56. The van der Waals surface area contributed by atoms with Gasteiger partial charge >= 0.3 is 5.97 Å². The first-order valence-corrected chi connectivity index (χ1v) is 27.3. The number of primary amides is 1. The third kappa shape index (κ3) is 21.5. The fourth-order valence-corrected chi connectivity index (χ4v) is 9.14. The molecular weight excluding hydrogens is 1080 g/mol. The maximum absolute atomic E-state index is 15.4. The van der Waals surface area contributed by atoms with Crippen molar-refractivity contribution in [1.82, 2.24) is 46.3 Å². The Morgan fingerprint density at radius 2 is 1.36 bits per heavy atom. The highest BCUT2D eigenvalue weighted by atomic mass is 19.1. The van der Waals surface area contributed by atoms with Crippen molar-refractivity contribution in [2.24, 2.45) is 16.9 Å². The van der Waals surface area contributed by atoms with Crippen molar-refractivity contribution in [1.29, 1.82) is 0 Å². The molecule has 0 fully saturated rings. The molecule has 0 unspecified atom stereocenters. The van der Waals surface area contributed by atoms with E-state index in [4.69, 9.17) is 16.6 Å². The Labute approximate surface area is 479 Å². The zero-order chi connectivity index (χ0) is 61.6. The molecule has 3 aromatic rings. The van der Waals surface area contributed by atoms with Crippen molar-refractivity contribution in [3.8, 4) is 11.1 Å². The Bertz CT molecular complexity index is 2820. The molecule has 2 heterocycles. The lowest BCUT2D eigenvalue weighted by molar-refractivity contribution is -0.140. The zero-order valence-electron chi connectivity index (χ0n) is 47.3. The molecule has 0 saturated heterocycles. The van der Waals surface area contributed by atoms with E-state index in [0.29, 0.717) is 37.8 Å². The molecule has 0 radical (unpaired) electrons. The van der Waals surface area contributed by atoms with Gasteiger partial charge in [-0.25, -0.2) is 8.78 Å². The van der Waals surface area contributed by atoms with Gasteiger partial charge in [0, 0.05) is 80.7 Å². The Kier molecular flexibility index (Phi) is 26.1. The van der Waals surface area contributed by atoms with Crippen LogP contribution >= 0.6 is 0 Å². The number of carboxylic acid groups (broad SMARTS) is 1. The number of nitrogens with two attached hydrogens (primary N) is 2. The third-order valence-corrected chi connectivity index (χ3v) is 13.5. The molecule has 10 amide bonds. The van der Waals surface area contributed by atoms with Gasteiger partial charge in [0.2, 0.25) is 47.3 Å². The lowest BCUT2D eigenvalue weighted by Gasteiger charge is -2.41. The Morgan fingerprint density at radius 3 is 2.00 bits per heavy atom. The van der Waals surface area contributed by atoms with Crippen molar-refractivity contribution < 1.29 is 71.7 Å². The summed E-state index contributed by atoms with van der Waals surface area (Å²) in [6.45, 7) is 6.90. The normalized spacial score (nSPS) is 14.3. The van der Waals surface area contributed by atoms with Crippen LogP contribution in [0, 0.1) is 17.0 Å².